The zero-order valence-corrected chi connectivity index (χ0v) is 15.6. The summed E-state index contributed by atoms with van der Waals surface area (Å²) in [7, 11) is 5.52. The maximum atomic E-state index is 11.9. The van der Waals surface area contributed by atoms with Gasteiger partial charge in [-0.3, -0.25) is 4.79 Å². The highest BCUT2D eigenvalue weighted by molar-refractivity contribution is 5.93. The molecule has 0 saturated heterocycles. The van der Waals surface area contributed by atoms with E-state index in [2.05, 4.69) is 30.8 Å². The zero-order chi connectivity index (χ0) is 18.6. The van der Waals surface area contributed by atoms with Crippen LogP contribution in [0.5, 0.6) is 0 Å². The van der Waals surface area contributed by atoms with Gasteiger partial charge < -0.3 is 15.5 Å². The summed E-state index contributed by atoms with van der Waals surface area (Å²) < 4.78 is 0. The lowest BCUT2D eigenvalue weighted by molar-refractivity contribution is 0.0955. The van der Waals surface area contributed by atoms with Crippen molar-refractivity contribution in [2.45, 2.75) is 33.2 Å². The highest BCUT2D eigenvalue weighted by Gasteiger charge is 2.17. The molecule has 0 bridgehead atoms. The summed E-state index contributed by atoms with van der Waals surface area (Å²) in [6.45, 7) is 6.59. The van der Waals surface area contributed by atoms with Crippen molar-refractivity contribution in [3.05, 3.63) is 34.9 Å². The van der Waals surface area contributed by atoms with Crippen LogP contribution < -0.4 is 10.6 Å². The molecule has 25 heavy (non-hydrogen) atoms. The minimum Gasteiger partial charge on any atom is -0.354 e. The van der Waals surface area contributed by atoms with E-state index in [1.54, 1.807) is 7.05 Å². The van der Waals surface area contributed by atoms with E-state index in [1.807, 2.05) is 51.9 Å². The van der Waals surface area contributed by atoms with Crippen molar-refractivity contribution in [2.24, 2.45) is 0 Å². The van der Waals surface area contributed by atoms with Gasteiger partial charge in [0.15, 0.2) is 11.5 Å². The Morgan fingerprint density at radius 2 is 1.92 bits per heavy atom. The summed E-state index contributed by atoms with van der Waals surface area (Å²) in [6, 6.07) is 3.69. The van der Waals surface area contributed by atoms with E-state index in [4.69, 9.17) is 0 Å². The van der Waals surface area contributed by atoms with Crippen LogP contribution in [0.1, 0.15) is 50.2 Å². The van der Waals surface area contributed by atoms with Crippen LogP contribution in [0.15, 0.2) is 12.1 Å². The molecule has 0 aliphatic carbocycles. The first kappa shape index (κ1) is 18.7. The number of aryl methyl sites for hydroxylation is 1. The van der Waals surface area contributed by atoms with Crippen molar-refractivity contribution in [3.8, 4) is 0 Å². The summed E-state index contributed by atoms with van der Waals surface area (Å²) in [4.78, 5) is 22.9. The Hall–Kier alpha value is -2.61. The molecule has 0 saturated carbocycles. The maximum Gasteiger partial charge on any atom is 0.271 e. The number of amides is 1. The largest absolute Gasteiger partial charge is 0.354 e. The molecule has 2 N–H and O–H groups in total. The lowest BCUT2D eigenvalue weighted by atomic mass is 10.0. The first-order valence-electron chi connectivity index (χ1n) is 8.16. The molecule has 2 aromatic heterocycles. The van der Waals surface area contributed by atoms with Crippen molar-refractivity contribution < 1.29 is 7.65 Å². The second kappa shape index (κ2) is 7.98. The number of hydrogen-bond donors (Lipinski definition) is 2. The summed E-state index contributed by atoms with van der Waals surface area (Å²) in [5.41, 5.74) is 2.04. The highest BCUT2D eigenvalue weighted by atomic mass is 16.1. The van der Waals surface area contributed by atoms with Gasteiger partial charge in [0.05, 0.1) is 6.54 Å². The molecule has 0 aliphatic heterocycles. The van der Waals surface area contributed by atoms with Crippen LogP contribution >= 0.6 is 0 Å². The molecule has 0 spiro atoms. The molecule has 8 heteroatoms. The van der Waals surface area contributed by atoms with E-state index < -0.39 is 0 Å². The monoisotopic (exact) mass is 347 g/mol. The summed E-state index contributed by atoms with van der Waals surface area (Å²) in [6.07, 6.45) is 0. The predicted molar refractivity (Wildman–Crippen MR) is 101 cm³/mol. The van der Waals surface area contributed by atoms with Gasteiger partial charge in [-0.1, -0.05) is 13.8 Å². The molecular weight excluding hydrogens is 318 g/mol. The van der Waals surface area contributed by atoms with E-state index in [-0.39, 0.29) is 14.7 Å². The quantitative estimate of drug-likeness (QED) is 0.828. The van der Waals surface area contributed by atoms with Gasteiger partial charge in [0.1, 0.15) is 11.6 Å². The minimum atomic E-state index is -0.242. The van der Waals surface area contributed by atoms with Crippen LogP contribution in [0.3, 0.4) is 0 Å². The molecule has 0 unspecified atom stereocenters. The molecule has 1 amide bonds. The Morgan fingerprint density at radius 3 is 2.52 bits per heavy atom. The summed E-state index contributed by atoms with van der Waals surface area (Å²) in [5.74, 6) is 1.83. The number of anilines is 2. The molecule has 8 nitrogen and oxygen atoms in total. The molecule has 2 rings (SSSR count). The van der Waals surface area contributed by atoms with Crippen molar-refractivity contribution in [2.75, 3.05) is 26.5 Å². The minimum absolute atomic E-state index is 0. The third kappa shape index (κ3) is 4.93. The number of rotatable bonds is 6. The Labute approximate surface area is 151 Å². The Kier molecular flexibility index (Phi) is 5.97. The van der Waals surface area contributed by atoms with Crippen LogP contribution in [0, 0.1) is 6.92 Å². The second-order valence-electron chi connectivity index (χ2n) is 6.44. The number of carbonyl (C=O) groups excluding carboxylic acids is 1. The van der Waals surface area contributed by atoms with Gasteiger partial charge in [0.2, 0.25) is 0 Å². The smallest absolute Gasteiger partial charge is 0.271 e. The van der Waals surface area contributed by atoms with Gasteiger partial charge >= 0.3 is 0 Å². The molecule has 0 aliphatic rings. The van der Waals surface area contributed by atoms with E-state index in [0.717, 1.165) is 17.1 Å². The lowest BCUT2D eigenvalue weighted by Gasteiger charge is -2.14. The number of hydrogen-bond acceptors (Lipinski definition) is 7. The fourth-order valence-electron chi connectivity index (χ4n) is 2.38. The Bertz CT molecular complexity index is 769. The zero-order valence-electron chi connectivity index (χ0n) is 15.6. The van der Waals surface area contributed by atoms with E-state index in [0.29, 0.717) is 23.9 Å². The van der Waals surface area contributed by atoms with Crippen molar-refractivity contribution in [1.82, 2.24) is 30.4 Å². The standard InChI is InChI=1S/C17H25N7O.2H2/c1-10(2)12-8-14(22-23-16(12)17(25)18-4)20-13-7-11(3)19-15(21-13)9-24(5)6;;/h7-8,10H,9H2,1-6H3,(H,18,25)(H,19,20,21,22);2*1H. The van der Waals surface area contributed by atoms with Crippen molar-refractivity contribution in [3.63, 3.8) is 0 Å². The number of carbonyl (C=O) groups is 1. The molecule has 0 aromatic carbocycles. The van der Waals surface area contributed by atoms with Gasteiger partial charge in [0.25, 0.3) is 5.91 Å². The predicted octanol–water partition coefficient (Wildman–Crippen LogP) is 2.36. The van der Waals surface area contributed by atoms with Crippen LogP contribution in [-0.4, -0.2) is 52.1 Å². The molecule has 2 aromatic rings. The van der Waals surface area contributed by atoms with Crippen molar-refractivity contribution in [1.29, 1.82) is 0 Å². The maximum absolute atomic E-state index is 11.9. The van der Waals surface area contributed by atoms with Gasteiger partial charge in [-0.25, -0.2) is 9.97 Å². The average molecular weight is 347 g/mol. The third-order valence-electron chi connectivity index (χ3n) is 3.50. The first-order chi connectivity index (χ1) is 11.8. The van der Waals surface area contributed by atoms with Gasteiger partial charge in [0, 0.05) is 21.7 Å². The molecule has 0 radical (unpaired) electrons. The Balaban J connectivity index is 0.00000338. The normalized spacial score (nSPS) is 11.0. The molecule has 138 valence electrons. The fraction of sp³-hybridized carbons (Fsp3) is 0.471. The molecule has 2 heterocycles. The molecular formula is C17H29N7O. The lowest BCUT2D eigenvalue weighted by Crippen LogP contribution is -2.22. The van der Waals surface area contributed by atoms with Gasteiger partial charge in [-0.15, -0.1) is 10.2 Å². The van der Waals surface area contributed by atoms with Gasteiger partial charge in [-0.05, 0) is 38.6 Å². The first-order valence-corrected chi connectivity index (χ1v) is 8.16. The van der Waals surface area contributed by atoms with Crippen LogP contribution in [0.25, 0.3) is 0 Å². The summed E-state index contributed by atoms with van der Waals surface area (Å²) in [5, 5.41) is 14.0. The third-order valence-corrected chi connectivity index (χ3v) is 3.50. The second-order valence-corrected chi connectivity index (χ2v) is 6.44. The molecule has 0 atom stereocenters. The summed E-state index contributed by atoms with van der Waals surface area (Å²) >= 11 is 0. The van der Waals surface area contributed by atoms with E-state index in [1.165, 1.54) is 0 Å². The fourth-order valence-corrected chi connectivity index (χ4v) is 2.38. The molecule has 0 fully saturated rings. The topological polar surface area (TPSA) is 95.9 Å². The van der Waals surface area contributed by atoms with Gasteiger partial charge in [-0.2, -0.15) is 0 Å². The number of nitrogens with zero attached hydrogens (tertiary/aromatic N) is 5. The number of nitrogens with one attached hydrogen (secondary N) is 2. The van der Waals surface area contributed by atoms with E-state index >= 15 is 0 Å². The highest BCUT2D eigenvalue weighted by Crippen LogP contribution is 2.22. The van der Waals surface area contributed by atoms with Crippen LogP contribution in [-0.2, 0) is 6.54 Å². The van der Waals surface area contributed by atoms with E-state index in [9.17, 15) is 4.79 Å². The van der Waals surface area contributed by atoms with Crippen molar-refractivity contribution >= 4 is 17.5 Å². The number of aromatic nitrogens is 4. The van der Waals surface area contributed by atoms with Crippen LogP contribution in [0.2, 0.25) is 0 Å². The van der Waals surface area contributed by atoms with Crippen LogP contribution in [0.4, 0.5) is 11.6 Å². The average Bonchev–Trinajstić information content (AvgIpc) is 2.52. The SMILES string of the molecule is CNC(=O)c1nnc(Nc2cc(C)nc(CN(C)C)n2)cc1C(C)C.[HH].[HH]. The Morgan fingerprint density at radius 1 is 1.20 bits per heavy atom.